The van der Waals surface area contributed by atoms with Crippen LogP contribution in [0.25, 0.3) is 0 Å². The first kappa shape index (κ1) is 16.5. The van der Waals surface area contributed by atoms with Gasteiger partial charge < -0.3 is 4.90 Å². The lowest BCUT2D eigenvalue weighted by molar-refractivity contribution is -0.119. The molecule has 1 fully saturated rings. The van der Waals surface area contributed by atoms with Crippen LogP contribution < -0.4 is 9.62 Å². The highest BCUT2D eigenvalue weighted by Gasteiger charge is 2.36. The number of sulfonamides is 1. The van der Waals surface area contributed by atoms with E-state index in [1.54, 1.807) is 18.2 Å². The zero-order valence-corrected chi connectivity index (χ0v) is 14.5. The van der Waals surface area contributed by atoms with Crippen molar-refractivity contribution in [2.45, 2.75) is 56.9 Å². The van der Waals surface area contributed by atoms with Crippen LogP contribution in [0.15, 0.2) is 23.1 Å². The maximum absolute atomic E-state index is 12.5. The Kier molecular flexibility index (Phi) is 4.47. The van der Waals surface area contributed by atoms with Gasteiger partial charge in [-0.1, -0.05) is 13.3 Å². The number of nitrogens with zero attached hydrogens (tertiary/aromatic N) is 1. The molecule has 0 bridgehead atoms. The molecule has 1 heterocycles. The topological polar surface area (TPSA) is 66.5 Å². The van der Waals surface area contributed by atoms with E-state index in [1.807, 2.05) is 18.7 Å². The van der Waals surface area contributed by atoms with Crippen LogP contribution >= 0.6 is 0 Å². The fraction of sp³-hybridized carbons (Fsp3) is 0.588. The van der Waals surface area contributed by atoms with Crippen molar-refractivity contribution in [2.24, 2.45) is 5.92 Å². The molecule has 3 rings (SSSR count). The minimum absolute atomic E-state index is 0.0776. The normalized spacial score (nSPS) is 18.8. The molecule has 1 atom stereocenters. The smallest absolute Gasteiger partial charge is 0.240 e. The molecule has 0 unspecified atom stereocenters. The summed E-state index contributed by atoms with van der Waals surface area (Å²) in [5.41, 5.74) is 1.83. The van der Waals surface area contributed by atoms with Crippen LogP contribution in [0.5, 0.6) is 0 Å². The van der Waals surface area contributed by atoms with Crippen LogP contribution in [0.2, 0.25) is 0 Å². The van der Waals surface area contributed by atoms with Crippen LogP contribution in [0, 0.1) is 5.92 Å². The molecule has 1 saturated carbocycles. The third-order valence-electron chi connectivity index (χ3n) is 4.53. The molecular weight excluding hydrogens is 312 g/mol. The van der Waals surface area contributed by atoms with Gasteiger partial charge in [0, 0.05) is 24.2 Å². The Hall–Kier alpha value is -1.40. The molecule has 126 valence electrons. The minimum atomic E-state index is -3.50. The number of carbonyl (C=O) groups is 1. The lowest BCUT2D eigenvalue weighted by atomic mass is 10.2. The van der Waals surface area contributed by atoms with Crippen molar-refractivity contribution in [3.63, 3.8) is 0 Å². The highest BCUT2D eigenvalue weighted by molar-refractivity contribution is 7.89. The average molecular weight is 336 g/mol. The monoisotopic (exact) mass is 336 g/mol. The highest BCUT2D eigenvalue weighted by atomic mass is 32.2. The number of amides is 1. The van der Waals surface area contributed by atoms with E-state index in [-0.39, 0.29) is 17.9 Å². The zero-order valence-electron chi connectivity index (χ0n) is 13.7. The predicted octanol–water partition coefficient (Wildman–Crippen LogP) is 2.45. The third kappa shape index (κ3) is 3.43. The number of anilines is 1. The molecule has 1 N–H and O–H groups in total. The molecule has 1 aliphatic carbocycles. The van der Waals surface area contributed by atoms with Gasteiger partial charge in [0.05, 0.1) is 4.90 Å². The Bertz CT molecular complexity index is 711. The molecule has 2 aliphatic rings. The van der Waals surface area contributed by atoms with Crippen LogP contribution in [-0.2, 0) is 21.2 Å². The highest BCUT2D eigenvalue weighted by Crippen LogP contribution is 2.37. The maximum atomic E-state index is 12.5. The molecule has 1 amide bonds. The van der Waals surface area contributed by atoms with Gasteiger partial charge in [-0.2, -0.15) is 0 Å². The summed E-state index contributed by atoms with van der Waals surface area (Å²) < 4.78 is 27.6. The molecule has 0 spiro atoms. The van der Waals surface area contributed by atoms with E-state index in [2.05, 4.69) is 4.72 Å². The number of hydrogen-bond donors (Lipinski definition) is 1. The maximum Gasteiger partial charge on any atom is 0.240 e. The Morgan fingerprint density at radius 1 is 1.39 bits per heavy atom. The van der Waals surface area contributed by atoms with Crippen molar-refractivity contribution >= 4 is 21.6 Å². The lowest BCUT2D eigenvalue weighted by Crippen LogP contribution is -2.32. The Labute approximate surface area is 138 Å². The van der Waals surface area contributed by atoms with Crippen molar-refractivity contribution in [3.05, 3.63) is 23.8 Å². The van der Waals surface area contributed by atoms with Crippen molar-refractivity contribution in [1.82, 2.24) is 4.72 Å². The van der Waals surface area contributed by atoms with Crippen molar-refractivity contribution in [1.29, 1.82) is 0 Å². The largest absolute Gasteiger partial charge is 0.312 e. The van der Waals surface area contributed by atoms with E-state index >= 15 is 0 Å². The second-order valence-electron chi connectivity index (χ2n) is 6.62. The fourth-order valence-electron chi connectivity index (χ4n) is 3.15. The second kappa shape index (κ2) is 6.24. The summed E-state index contributed by atoms with van der Waals surface area (Å²) in [6.07, 6.45) is 4.44. The predicted molar refractivity (Wildman–Crippen MR) is 89.9 cm³/mol. The average Bonchev–Trinajstić information content (AvgIpc) is 3.25. The molecule has 1 aliphatic heterocycles. The van der Waals surface area contributed by atoms with E-state index in [4.69, 9.17) is 0 Å². The molecule has 0 aromatic heterocycles. The number of nitrogens with one attached hydrogen (secondary N) is 1. The zero-order chi connectivity index (χ0) is 16.6. The van der Waals surface area contributed by atoms with E-state index in [1.165, 1.54) is 0 Å². The Morgan fingerprint density at radius 2 is 2.13 bits per heavy atom. The summed E-state index contributed by atoms with van der Waals surface area (Å²) in [6, 6.07) is 5.03. The fourth-order valence-corrected chi connectivity index (χ4v) is 4.48. The van der Waals surface area contributed by atoms with Gasteiger partial charge in [-0.25, -0.2) is 13.1 Å². The quantitative estimate of drug-likeness (QED) is 0.868. The Morgan fingerprint density at radius 3 is 2.78 bits per heavy atom. The van der Waals surface area contributed by atoms with Gasteiger partial charge in [0.25, 0.3) is 0 Å². The number of benzene rings is 1. The summed E-state index contributed by atoms with van der Waals surface area (Å²) in [7, 11) is -3.50. The lowest BCUT2D eigenvalue weighted by Gasteiger charge is -2.18. The van der Waals surface area contributed by atoms with Crippen LogP contribution in [0.4, 0.5) is 5.69 Å². The summed E-state index contributed by atoms with van der Waals surface area (Å²) in [5.74, 6) is 0.370. The first-order chi connectivity index (χ1) is 10.9. The third-order valence-corrected chi connectivity index (χ3v) is 6.11. The van der Waals surface area contributed by atoms with E-state index in [0.717, 1.165) is 43.4 Å². The summed E-state index contributed by atoms with van der Waals surface area (Å²) in [6.45, 7) is 4.57. The van der Waals surface area contributed by atoms with Crippen molar-refractivity contribution in [2.75, 3.05) is 11.4 Å². The molecule has 6 heteroatoms. The minimum Gasteiger partial charge on any atom is -0.312 e. The van der Waals surface area contributed by atoms with Gasteiger partial charge in [-0.05, 0) is 56.4 Å². The van der Waals surface area contributed by atoms with Crippen LogP contribution in [0.3, 0.4) is 0 Å². The SMILES string of the molecule is CCC[C@@H](C)NS(=O)(=O)c1ccc2c(c1)CCN2C(=O)C1CC1. The summed E-state index contributed by atoms with van der Waals surface area (Å²) >= 11 is 0. The van der Waals surface area contributed by atoms with Gasteiger partial charge in [-0.15, -0.1) is 0 Å². The molecule has 23 heavy (non-hydrogen) atoms. The molecule has 5 nitrogen and oxygen atoms in total. The second-order valence-corrected chi connectivity index (χ2v) is 8.33. The number of carbonyl (C=O) groups excluding carboxylic acids is 1. The van der Waals surface area contributed by atoms with E-state index in [9.17, 15) is 13.2 Å². The van der Waals surface area contributed by atoms with Gasteiger partial charge in [0.15, 0.2) is 0 Å². The molecular formula is C17H24N2O3S. The molecule has 0 radical (unpaired) electrons. The number of rotatable bonds is 6. The number of hydrogen-bond acceptors (Lipinski definition) is 3. The van der Waals surface area contributed by atoms with Crippen LogP contribution in [-0.4, -0.2) is 26.9 Å². The first-order valence-corrected chi connectivity index (χ1v) is 9.87. The summed E-state index contributed by atoms with van der Waals surface area (Å²) in [4.78, 5) is 14.4. The van der Waals surface area contributed by atoms with Gasteiger partial charge >= 0.3 is 0 Å². The van der Waals surface area contributed by atoms with Gasteiger partial charge in [0.1, 0.15) is 0 Å². The van der Waals surface area contributed by atoms with E-state index in [0.29, 0.717) is 11.4 Å². The molecule has 1 aromatic rings. The Balaban J connectivity index is 1.80. The van der Waals surface area contributed by atoms with Crippen molar-refractivity contribution < 1.29 is 13.2 Å². The first-order valence-electron chi connectivity index (χ1n) is 8.39. The van der Waals surface area contributed by atoms with Gasteiger partial charge in [0.2, 0.25) is 15.9 Å². The number of fused-ring (bicyclic) bond motifs is 1. The molecule has 0 saturated heterocycles. The standard InChI is InChI=1S/C17H24N2O3S/c1-3-4-12(2)18-23(21,22)15-7-8-16-14(11-15)9-10-19(16)17(20)13-5-6-13/h7-8,11-13,18H,3-6,9-10H2,1-2H3/t12-/m1/s1. The van der Waals surface area contributed by atoms with Gasteiger partial charge in [-0.3, -0.25) is 4.79 Å². The van der Waals surface area contributed by atoms with Crippen LogP contribution in [0.1, 0.15) is 45.1 Å². The summed E-state index contributed by atoms with van der Waals surface area (Å²) in [5, 5.41) is 0. The van der Waals surface area contributed by atoms with Crippen molar-refractivity contribution in [3.8, 4) is 0 Å². The van der Waals surface area contributed by atoms with E-state index < -0.39 is 10.0 Å². The molecule has 1 aromatic carbocycles.